The summed E-state index contributed by atoms with van der Waals surface area (Å²) >= 11 is 0. The van der Waals surface area contributed by atoms with E-state index in [0.29, 0.717) is 13.2 Å². The lowest BCUT2D eigenvalue weighted by Gasteiger charge is -2.34. The fourth-order valence-electron chi connectivity index (χ4n) is 3.71. The van der Waals surface area contributed by atoms with Crippen molar-refractivity contribution in [2.45, 2.75) is 19.9 Å². The van der Waals surface area contributed by atoms with Crippen molar-refractivity contribution >= 4 is 5.91 Å². The molecule has 30 heavy (non-hydrogen) atoms. The van der Waals surface area contributed by atoms with Gasteiger partial charge in [0.25, 0.3) is 0 Å². The molecule has 1 saturated heterocycles. The maximum atomic E-state index is 13.2. The minimum absolute atomic E-state index is 0.0129. The highest BCUT2D eigenvalue weighted by molar-refractivity contribution is 5.78. The maximum absolute atomic E-state index is 13.2. The lowest BCUT2D eigenvalue weighted by molar-refractivity contribution is -0.123. The number of nitrogens with zero attached hydrogens (tertiary/aromatic N) is 2. The van der Waals surface area contributed by atoms with E-state index in [1.54, 1.807) is 12.1 Å². The van der Waals surface area contributed by atoms with Crippen LogP contribution in [0.1, 0.15) is 25.5 Å². The number of halogens is 1. The third kappa shape index (κ3) is 6.82. The van der Waals surface area contributed by atoms with E-state index < -0.39 is 0 Å². The number of benzene rings is 2. The molecule has 0 spiro atoms. The van der Waals surface area contributed by atoms with Crippen molar-refractivity contribution in [3.8, 4) is 5.75 Å². The molecule has 1 unspecified atom stereocenters. The Balaban J connectivity index is 1.39. The van der Waals surface area contributed by atoms with Crippen molar-refractivity contribution in [2.75, 3.05) is 45.9 Å². The minimum Gasteiger partial charge on any atom is -0.492 e. The van der Waals surface area contributed by atoms with Crippen LogP contribution < -0.4 is 10.1 Å². The molecule has 1 fully saturated rings. The average Bonchev–Trinajstić information content (AvgIpc) is 2.75. The summed E-state index contributed by atoms with van der Waals surface area (Å²) in [5.41, 5.74) is 0.933. The Hall–Kier alpha value is -2.44. The van der Waals surface area contributed by atoms with Gasteiger partial charge in [0.15, 0.2) is 0 Å². The molecule has 3 rings (SSSR count). The van der Waals surface area contributed by atoms with Crippen molar-refractivity contribution in [3.05, 3.63) is 66.0 Å². The molecule has 2 aromatic carbocycles. The highest BCUT2D eigenvalue weighted by atomic mass is 19.1. The first-order chi connectivity index (χ1) is 14.5. The highest BCUT2D eigenvalue weighted by Crippen LogP contribution is 2.22. The van der Waals surface area contributed by atoms with Gasteiger partial charge in [-0.1, -0.05) is 44.2 Å². The van der Waals surface area contributed by atoms with Gasteiger partial charge in [-0.15, -0.1) is 0 Å². The predicted octanol–water partition coefficient (Wildman–Crippen LogP) is 3.34. The number of ether oxygens (including phenoxy) is 1. The first-order valence-corrected chi connectivity index (χ1v) is 10.7. The molecular formula is C24H32FN3O2. The molecule has 0 aliphatic carbocycles. The van der Waals surface area contributed by atoms with Crippen LogP contribution >= 0.6 is 0 Å². The standard InChI is InChI=1S/C24H32FN3O2/c1-19(2)24(20-8-10-21(25)11-9-20)26-23(29)18-28-14-12-27(13-15-28)16-17-30-22-6-4-3-5-7-22/h3-11,19,24H,12-18H2,1-2H3,(H,26,29). The van der Waals surface area contributed by atoms with Gasteiger partial charge in [0.05, 0.1) is 12.6 Å². The summed E-state index contributed by atoms with van der Waals surface area (Å²) in [4.78, 5) is 17.2. The van der Waals surface area contributed by atoms with Crippen molar-refractivity contribution in [1.82, 2.24) is 15.1 Å². The smallest absolute Gasteiger partial charge is 0.234 e. The third-order valence-electron chi connectivity index (χ3n) is 5.46. The summed E-state index contributed by atoms with van der Waals surface area (Å²) in [5.74, 6) is 0.869. The zero-order valence-electron chi connectivity index (χ0n) is 17.9. The van der Waals surface area contributed by atoms with Gasteiger partial charge in [-0.2, -0.15) is 0 Å². The van der Waals surface area contributed by atoms with Crippen LogP contribution in [0.3, 0.4) is 0 Å². The molecule has 1 heterocycles. The monoisotopic (exact) mass is 413 g/mol. The Morgan fingerprint density at radius 1 is 1.00 bits per heavy atom. The highest BCUT2D eigenvalue weighted by Gasteiger charge is 2.22. The second-order valence-corrected chi connectivity index (χ2v) is 8.12. The average molecular weight is 414 g/mol. The van der Waals surface area contributed by atoms with Crippen LogP contribution in [0.25, 0.3) is 0 Å². The Labute approximate surface area is 178 Å². The Kier molecular flexibility index (Phi) is 8.22. The van der Waals surface area contributed by atoms with Gasteiger partial charge in [0.1, 0.15) is 18.2 Å². The number of amides is 1. The van der Waals surface area contributed by atoms with Crippen molar-refractivity contribution < 1.29 is 13.9 Å². The summed E-state index contributed by atoms with van der Waals surface area (Å²) in [7, 11) is 0. The van der Waals surface area contributed by atoms with Crippen LogP contribution in [0.2, 0.25) is 0 Å². The maximum Gasteiger partial charge on any atom is 0.234 e. The summed E-state index contributed by atoms with van der Waals surface area (Å²) in [6, 6.07) is 16.1. The number of rotatable bonds is 9. The molecule has 5 nitrogen and oxygen atoms in total. The summed E-state index contributed by atoms with van der Waals surface area (Å²) in [5, 5.41) is 3.13. The molecule has 1 N–H and O–H groups in total. The van der Waals surface area contributed by atoms with Crippen molar-refractivity contribution in [3.63, 3.8) is 0 Å². The summed E-state index contributed by atoms with van der Waals surface area (Å²) in [6.45, 7) is 9.64. The van der Waals surface area contributed by atoms with Gasteiger partial charge in [-0.05, 0) is 35.7 Å². The molecule has 6 heteroatoms. The van der Waals surface area contributed by atoms with Crippen LogP contribution in [-0.2, 0) is 4.79 Å². The second-order valence-electron chi connectivity index (χ2n) is 8.12. The van der Waals surface area contributed by atoms with Crippen molar-refractivity contribution in [2.24, 2.45) is 5.92 Å². The van der Waals surface area contributed by atoms with Gasteiger partial charge >= 0.3 is 0 Å². The number of carbonyl (C=O) groups is 1. The van der Waals surface area contributed by atoms with E-state index in [4.69, 9.17) is 4.74 Å². The molecule has 0 aromatic heterocycles. The van der Waals surface area contributed by atoms with Gasteiger partial charge in [-0.25, -0.2) is 4.39 Å². The molecule has 2 aromatic rings. The second kappa shape index (κ2) is 11.1. The topological polar surface area (TPSA) is 44.8 Å². The number of para-hydroxylation sites is 1. The Bertz CT molecular complexity index is 775. The molecule has 1 aliphatic rings. The van der Waals surface area contributed by atoms with Crippen LogP contribution in [0.15, 0.2) is 54.6 Å². The van der Waals surface area contributed by atoms with Crippen molar-refractivity contribution in [1.29, 1.82) is 0 Å². The van der Waals surface area contributed by atoms with Gasteiger partial charge in [-0.3, -0.25) is 14.6 Å². The van der Waals surface area contributed by atoms with E-state index >= 15 is 0 Å². The lowest BCUT2D eigenvalue weighted by Crippen LogP contribution is -2.50. The number of hydrogen-bond donors (Lipinski definition) is 1. The number of piperazine rings is 1. The number of nitrogens with one attached hydrogen (secondary N) is 1. The van der Waals surface area contributed by atoms with E-state index in [1.165, 1.54) is 12.1 Å². The molecule has 162 valence electrons. The zero-order chi connectivity index (χ0) is 21.3. The van der Waals surface area contributed by atoms with Crippen LogP contribution in [-0.4, -0.2) is 61.6 Å². The molecule has 0 bridgehead atoms. The quantitative estimate of drug-likeness (QED) is 0.685. The fourth-order valence-corrected chi connectivity index (χ4v) is 3.71. The Morgan fingerprint density at radius 3 is 2.27 bits per heavy atom. The molecule has 1 aliphatic heterocycles. The number of hydrogen-bond acceptors (Lipinski definition) is 4. The normalized spacial score (nSPS) is 16.4. The molecular weight excluding hydrogens is 381 g/mol. The van der Waals surface area contributed by atoms with Gasteiger partial charge < -0.3 is 10.1 Å². The first kappa shape index (κ1) is 22.2. The van der Waals surface area contributed by atoms with Crippen LogP contribution in [0, 0.1) is 11.7 Å². The third-order valence-corrected chi connectivity index (χ3v) is 5.46. The molecule has 1 amide bonds. The molecule has 0 radical (unpaired) electrons. The predicted molar refractivity (Wildman–Crippen MR) is 117 cm³/mol. The van der Waals surface area contributed by atoms with E-state index in [2.05, 4.69) is 29.0 Å². The Morgan fingerprint density at radius 2 is 1.63 bits per heavy atom. The lowest BCUT2D eigenvalue weighted by atomic mass is 9.96. The van der Waals surface area contributed by atoms with E-state index in [-0.39, 0.29) is 23.7 Å². The summed E-state index contributed by atoms with van der Waals surface area (Å²) in [6.07, 6.45) is 0. The molecule has 1 atom stereocenters. The van der Waals surface area contributed by atoms with E-state index in [0.717, 1.165) is 44.0 Å². The SMILES string of the molecule is CC(C)C(NC(=O)CN1CCN(CCOc2ccccc2)CC1)c1ccc(F)cc1. The zero-order valence-corrected chi connectivity index (χ0v) is 17.9. The summed E-state index contributed by atoms with van der Waals surface area (Å²) < 4.78 is 19.0. The fraction of sp³-hybridized carbons (Fsp3) is 0.458. The van der Waals surface area contributed by atoms with Gasteiger partial charge in [0.2, 0.25) is 5.91 Å². The minimum atomic E-state index is -0.264. The van der Waals surface area contributed by atoms with E-state index in [1.807, 2.05) is 30.3 Å². The largest absolute Gasteiger partial charge is 0.492 e. The van der Waals surface area contributed by atoms with Crippen LogP contribution in [0.4, 0.5) is 4.39 Å². The molecule has 0 saturated carbocycles. The van der Waals surface area contributed by atoms with Gasteiger partial charge in [0, 0.05) is 32.7 Å². The van der Waals surface area contributed by atoms with Crippen LogP contribution in [0.5, 0.6) is 5.75 Å². The first-order valence-electron chi connectivity index (χ1n) is 10.7. The van der Waals surface area contributed by atoms with E-state index in [9.17, 15) is 9.18 Å². The number of carbonyl (C=O) groups excluding carboxylic acids is 1.